The molecule has 2 fully saturated rings. The Labute approximate surface area is 101 Å². The van der Waals surface area contributed by atoms with Gasteiger partial charge in [-0.3, -0.25) is 0 Å². The molecule has 2 aliphatic rings. The van der Waals surface area contributed by atoms with Crippen LogP contribution in [0.15, 0.2) is 0 Å². The van der Waals surface area contributed by atoms with Crippen LogP contribution in [0.4, 0.5) is 0 Å². The summed E-state index contributed by atoms with van der Waals surface area (Å²) in [4.78, 5) is 0. The topological polar surface area (TPSA) is 12.0 Å². The van der Waals surface area contributed by atoms with Crippen molar-refractivity contribution in [2.75, 3.05) is 7.05 Å². The van der Waals surface area contributed by atoms with Gasteiger partial charge in [0.1, 0.15) is 0 Å². The molecule has 94 valence electrons. The lowest BCUT2D eigenvalue weighted by Gasteiger charge is -2.24. The van der Waals surface area contributed by atoms with Gasteiger partial charge in [0, 0.05) is 6.04 Å². The molecule has 2 aliphatic carbocycles. The highest BCUT2D eigenvalue weighted by atomic mass is 14.9. The minimum absolute atomic E-state index is 0.808. The zero-order chi connectivity index (χ0) is 11.2. The van der Waals surface area contributed by atoms with Gasteiger partial charge in [0.05, 0.1) is 0 Å². The largest absolute Gasteiger partial charge is 0.317 e. The van der Waals surface area contributed by atoms with Crippen molar-refractivity contribution in [3.63, 3.8) is 0 Å². The lowest BCUT2D eigenvalue weighted by atomic mass is 9.85. The summed E-state index contributed by atoms with van der Waals surface area (Å²) in [5, 5.41) is 3.52. The van der Waals surface area contributed by atoms with Crippen molar-refractivity contribution < 1.29 is 0 Å². The zero-order valence-corrected chi connectivity index (χ0v) is 11.0. The van der Waals surface area contributed by atoms with E-state index in [9.17, 15) is 0 Å². The van der Waals surface area contributed by atoms with Crippen LogP contribution in [0.3, 0.4) is 0 Å². The second-order valence-corrected chi connectivity index (χ2v) is 6.09. The van der Waals surface area contributed by atoms with E-state index in [0.29, 0.717) is 0 Å². The predicted octanol–water partition coefficient (Wildman–Crippen LogP) is 4.13. The summed E-state index contributed by atoms with van der Waals surface area (Å²) < 4.78 is 0. The van der Waals surface area contributed by atoms with Gasteiger partial charge in [0.25, 0.3) is 0 Å². The molecular formula is C15H29N. The van der Waals surface area contributed by atoms with Crippen molar-refractivity contribution in [2.24, 2.45) is 11.8 Å². The van der Waals surface area contributed by atoms with Crippen molar-refractivity contribution in [2.45, 2.75) is 76.7 Å². The van der Waals surface area contributed by atoms with Gasteiger partial charge in [0.2, 0.25) is 0 Å². The van der Waals surface area contributed by atoms with E-state index < -0.39 is 0 Å². The van der Waals surface area contributed by atoms with E-state index in [2.05, 4.69) is 12.4 Å². The van der Waals surface area contributed by atoms with E-state index in [0.717, 1.165) is 17.9 Å². The van der Waals surface area contributed by atoms with Crippen LogP contribution < -0.4 is 5.32 Å². The number of hydrogen-bond acceptors (Lipinski definition) is 1. The van der Waals surface area contributed by atoms with Gasteiger partial charge in [-0.2, -0.15) is 0 Å². The average molecular weight is 223 g/mol. The average Bonchev–Trinajstić information content (AvgIpc) is 3.15. The quantitative estimate of drug-likeness (QED) is 0.684. The number of hydrogen-bond donors (Lipinski definition) is 1. The molecule has 0 heterocycles. The molecule has 1 nitrogen and oxygen atoms in total. The molecule has 0 aromatic rings. The third kappa shape index (κ3) is 4.45. The minimum Gasteiger partial charge on any atom is -0.317 e. The van der Waals surface area contributed by atoms with E-state index in [1.165, 1.54) is 70.6 Å². The first kappa shape index (κ1) is 12.4. The predicted molar refractivity (Wildman–Crippen MR) is 70.6 cm³/mol. The Bertz CT molecular complexity index is 180. The smallest absolute Gasteiger partial charge is 0.00642 e. The fourth-order valence-electron chi connectivity index (χ4n) is 3.19. The summed E-state index contributed by atoms with van der Waals surface area (Å²) in [6.07, 6.45) is 16.4. The molecule has 1 atom stereocenters. The van der Waals surface area contributed by atoms with Crippen LogP contribution in [0.5, 0.6) is 0 Å². The van der Waals surface area contributed by atoms with E-state index >= 15 is 0 Å². The molecule has 0 saturated heterocycles. The van der Waals surface area contributed by atoms with E-state index in [1.54, 1.807) is 0 Å². The van der Waals surface area contributed by atoms with Crippen LogP contribution in [0.25, 0.3) is 0 Å². The lowest BCUT2D eigenvalue weighted by Crippen LogP contribution is -2.26. The Morgan fingerprint density at radius 3 is 1.94 bits per heavy atom. The number of nitrogens with one attached hydrogen (secondary N) is 1. The molecule has 0 bridgehead atoms. The Morgan fingerprint density at radius 1 is 0.875 bits per heavy atom. The molecule has 0 aromatic heterocycles. The monoisotopic (exact) mass is 223 g/mol. The second-order valence-electron chi connectivity index (χ2n) is 6.09. The Hall–Kier alpha value is -0.0400. The van der Waals surface area contributed by atoms with Gasteiger partial charge in [-0.15, -0.1) is 0 Å². The minimum atomic E-state index is 0.808. The van der Waals surface area contributed by atoms with Crippen molar-refractivity contribution in [3.05, 3.63) is 0 Å². The molecule has 1 unspecified atom stereocenters. The summed E-state index contributed by atoms with van der Waals surface area (Å²) in [6, 6.07) is 0.808. The summed E-state index contributed by atoms with van der Waals surface area (Å²) in [7, 11) is 2.15. The van der Waals surface area contributed by atoms with Gasteiger partial charge in [-0.25, -0.2) is 0 Å². The second kappa shape index (κ2) is 6.64. The van der Waals surface area contributed by atoms with Gasteiger partial charge < -0.3 is 5.32 Å². The van der Waals surface area contributed by atoms with Gasteiger partial charge in [0.15, 0.2) is 0 Å². The molecule has 0 amide bonds. The third-order valence-electron chi connectivity index (χ3n) is 4.68. The van der Waals surface area contributed by atoms with E-state index in [4.69, 9.17) is 0 Å². The molecule has 2 rings (SSSR count). The Balaban J connectivity index is 1.57. The molecule has 0 aliphatic heterocycles. The maximum Gasteiger partial charge on any atom is 0.00642 e. The van der Waals surface area contributed by atoms with Gasteiger partial charge in [-0.05, 0) is 44.6 Å². The van der Waals surface area contributed by atoms with Crippen LogP contribution in [-0.2, 0) is 0 Å². The first-order valence-corrected chi connectivity index (χ1v) is 7.55. The summed E-state index contributed by atoms with van der Waals surface area (Å²) in [5.41, 5.74) is 0. The summed E-state index contributed by atoms with van der Waals surface area (Å²) >= 11 is 0. The number of rotatable bonds is 7. The molecule has 2 saturated carbocycles. The fourth-order valence-corrected chi connectivity index (χ4v) is 3.19. The van der Waals surface area contributed by atoms with Crippen molar-refractivity contribution in [1.82, 2.24) is 5.32 Å². The van der Waals surface area contributed by atoms with Crippen molar-refractivity contribution in [1.29, 1.82) is 0 Å². The van der Waals surface area contributed by atoms with Crippen LogP contribution in [0.1, 0.15) is 70.6 Å². The van der Waals surface area contributed by atoms with Crippen LogP contribution in [0, 0.1) is 11.8 Å². The molecule has 1 N–H and O–H groups in total. The Morgan fingerprint density at radius 2 is 1.44 bits per heavy atom. The molecule has 0 aromatic carbocycles. The molecule has 1 heteroatoms. The third-order valence-corrected chi connectivity index (χ3v) is 4.68. The van der Waals surface area contributed by atoms with E-state index in [1.807, 2.05) is 0 Å². The highest BCUT2D eigenvalue weighted by Crippen LogP contribution is 2.34. The molecule has 0 spiro atoms. The summed E-state index contributed by atoms with van der Waals surface area (Å²) in [5.74, 6) is 2.16. The highest BCUT2D eigenvalue weighted by molar-refractivity contribution is 4.77. The maximum absolute atomic E-state index is 3.52. The normalized spacial score (nSPS) is 24.6. The first-order chi connectivity index (χ1) is 7.88. The van der Waals surface area contributed by atoms with E-state index in [-0.39, 0.29) is 0 Å². The van der Waals surface area contributed by atoms with Crippen molar-refractivity contribution in [3.8, 4) is 0 Å². The molecule has 16 heavy (non-hydrogen) atoms. The molecular weight excluding hydrogens is 194 g/mol. The highest BCUT2D eigenvalue weighted by Gasteiger charge is 2.22. The fraction of sp³-hybridized carbons (Fsp3) is 1.00. The molecule has 0 radical (unpaired) electrons. The van der Waals surface area contributed by atoms with Gasteiger partial charge in [-0.1, -0.05) is 44.9 Å². The van der Waals surface area contributed by atoms with Crippen LogP contribution in [-0.4, -0.2) is 13.1 Å². The first-order valence-electron chi connectivity index (χ1n) is 7.55. The summed E-state index contributed by atoms with van der Waals surface area (Å²) in [6.45, 7) is 0. The van der Waals surface area contributed by atoms with Gasteiger partial charge >= 0.3 is 0 Å². The van der Waals surface area contributed by atoms with Crippen molar-refractivity contribution >= 4 is 0 Å². The van der Waals surface area contributed by atoms with Crippen LogP contribution in [0.2, 0.25) is 0 Å². The standard InChI is InChI=1S/C15H29N/c1-16-15(12-10-14-7-8-14)11-9-13-5-3-2-4-6-13/h13-16H,2-12H2,1H3. The lowest BCUT2D eigenvalue weighted by molar-refractivity contribution is 0.310. The maximum atomic E-state index is 3.52. The Kier molecular flexibility index (Phi) is 5.15. The SMILES string of the molecule is CNC(CCC1CCCCC1)CCC1CC1. The zero-order valence-electron chi connectivity index (χ0n) is 11.0. The van der Waals surface area contributed by atoms with Crippen LogP contribution >= 0.6 is 0 Å².